The summed E-state index contributed by atoms with van der Waals surface area (Å²) < 4.78 is 10.9. The van der Waals surface area contributed by atoms with Crippen LogP contribution in [0, 0.1) is 12.8 Å². The van der Waals surface area contributed by atoms with Gasteiger partial charge in [-0.1, -0.05) is 12.1 Å². The smallest absolute Gasteiger partial charge is 0.189 e. The van der Waals surface area contributed by atoms with E-state index in [-0.39, 0.29) is 0 Å². The molecule has 1 aromatic rings. The fourth-order valence-corrected chi connectivity index (χ4v) is 1.93. The van der Waals surface area contributed by atoms with Crippen LogP contribution in [0.3, 0.4) is 0 Å². The standard InChI is InChI=1S/C16H25N3O2/c1-12-3-6-14(10-19-16(17)18-7-8-20-2)15(9-12)21-11-13-4-5-13/h3,6,9,13H,4-5,7-8,10-11H2,1-2H3,(H3,17,18,19). The number of benzene rings is 1. The molecule has 5 heteroatoms. The number of ether oxygens (including phenoxy) is 2. The van der Waals surface area contributed by atoms with Crippen molar-refractivity contribution in [3.8, 4) is 5.75 Å². The van der Waals surface area contributed by atoms with Crippen molar-refractivity contribution in [1.29, 1.82) is 0 Å². The minimum absolute atomic E-state index is 0.431. The number of aryl methyl sites for hydroxylation is 1. The molecule has 1 saturated carbocycles. The Labute approximate surface area is 126 Å². The van der Waals surface area contributed by atoms with Gasteiger partial charge >= 0.3 is 0 Å². The van der Waals surface area contributed by atoms with Crippen LogP contribution < -0.4 is 15.8 Å². The van der Waals surface area contributed by atoms with Crippen molar-refractivity contribution in [3.63, 3.8) is 0 Å². The average Bonchev–Trinajstić information content (AvgIpc) is 3.28. The molecule has 1 aromatic carbocycles. The largest absolute Gasteiger partial charge is 0.493 e. The Kier molecular flexibility index (Phi) is 5.87. The summed E-state index contributed by atoms with van der Waals surface area (Å²) in [6.45, 7) is 4.66. The summed E-state index contributed by atoms with van der Waals surface area (Å²) in [6, 6.07) is 6.20. The molecule has 0 atom stereocenters. The van der Waals surface area contributed by atoms with E-state index in [0.717, 1.165) is 23.8 Å². The third-order valence-corrected chi connectivity index (χ3v) is 3.43. The van der Waals surface area contributed by atoms with E-state index in [1.165, 1.54) is 18.4 Å². The zero-order valence-corrected chi connectivity index (χ0v) is 12.9. The first kappa shape index (κ1) is 15.6. The van der Waals surface area contributed by atoms with Crippen LogP contribution >= 0.6 is 0 Å². The van der Waals surface area contributed by atoms with Gasteiger partial charge in [0.1, 0.15) is 5.75 Å². The van der Waals surface area contributed by atoms with Crippen LogP contribution in [0.25, 0.3) is 0 Å². The van der Waals surface area contributed by atoms with Crippen LogP contribution in [0.15, 0.2) is 23.2 Å². The molecule has 21 heavy (non-hydrogen) atoms. The Balaban J connectivity index is 1.92. The topological polar surface area (TPSA) is 68.9 Å². The number of nitrogens with two attached hydrogens (primary N) is 1. The van der Waals surface area contributed by atoms with Gasteiger partial charge in [-0.25, -0.2) is 4.99 Å². The summed E-state index contributed by atoms with van der Waals surface area (Å²) in [6.07, 6.45) is 2.57. The lowest BCUT2D eigenvalue weighted by molar-refractivity contribution is 0.204. The van der Waals surface area contributed by atoms with Crippen molar-refractivity contribution in [3.05, 3.63) is 29.3 Å². The fraction of sp³-hybridized carbons (Fsp3) is 0.562. The lowest BCUT2D eigenvalue weighted by Gasteiger charge is -2.11. The second kappa shape index (κ2) is 7.88. The second-order valence-corrected chi connectivity index (χ2v) is 5.49. The molecule has 1 aliphatic carbocycles. The molecule has 116 valence electrons. The van der Waals surface area contributed by atoms with Crippen LogP contribution in [-0.2, 0) is 11.3 Å². The van der Waals surface area contributed by atoms with E-state index in [1.54, 1.807) is 7.11 Å². The van der Waals surface area contributed by atoms with Gasteiger partial charge in [-0.2, -0.15) is 0 Å². The average molecular weight is 291 g/mol. The number of rotatable bonds is 8. The molecule has 0 amide bonds. The molecule has 3 N–H and O–H groups in total. The van der Waals surface area contributed by atoms with Gasteiger partial charge in [-0.3, -0.25) is 0 Å². The molecular weight excluding hydrogens is 266 g/mol. The molecule has 0 unspecified atom stereocenters. The highest BCUT2D eigenvalue weighted by molar-refractivity contribution is 5.77. The maximum Gasteiger partial charge on any atom is 0.189 e. The van der Waals surface area contributed by atoms with Crippen molar-refractivity contribution < 1.29 is 9.47 Å². The van der Waals surface area contributed by atoms with E-state index in [0.29, 0.717) is 25.7 Å². The third kappa shape index (κ3) is 5.63. The molecule has 0 saturated heterocycles. The van der Waals surface area contributed by atoms with Gasteiger partial charge in [0, 0.05) is 19.2 Å². The Morgan fingerprint density at radius 3 is 2.95 bits per heavy atom. The molecule has 1 fully saturated rings. The molecular formula is C16H25N3O2. The van der Waals surface area contributed by atoms with Crippen LogP contribution in [0.1, 0.15) is 24.0 Å². The van der Waals surface area contributed by atoms with E-state index in [1.807, 2.05) is 0 Å². The number of guanidine groups is 1. The van der Waals surface area contributed by atoms with Crippen LogP contribution in [0.5, 0.6) is 5.75 Å². The number of aliphatic imine (C=N–C) groups is 1. The highest BCUT2D eigenvalue weighted by Gasteiger charge is 2.22. The quantitative estimate of drug-likeness (QED) is 0.435. The lowest BCUT2D eigenvalue weighted by atomic mass is 10.1. The van der Waals surface area contributed by atoms with Gasteiger partial charge in [-0.05, 0) is 37.3 Å². The Hall–Kier alpha value is -1.75. The molecule has 5 nitrogen and oxygen atoms in total. The number of nitrogens with zero attached hydrogens (tertiary/aromatic N) is 1. The van der Waals surface area contributed by atoms with Crippen molar-refractivity contribution in [2.45, 2.75) is 26.3 Å². The lowest BCUT2D eigenvalue weighted by Crippen LogP contribution is -2.34. The summed E-state index contributed by atoms with van der Waals surface area (Å²) in [7, 11) is 1.66. The number of nitrogens with one attached hydrogen (secondary N) is 1. The van der Waals surface area contributed by atoms with Crippen molar-refractivity contribution in [2.24, 2.45) is 16.6 Å². The zero-order valence-electron chi connectivity index (χ0n) is 12.9. The highest BCUT2D eigenvalue weighted by atomic mass is 16.5. The molecule has 0 spiro atoms. The minimum Gasteiger partial charge on any atom is -0.493 e. The molecule has 0 aliphatic heterocycles. The van der Waals surface area contributed by atoms with Gasteiger partial charge in [0.05, 0.1) is 19.8 Å². The predicted molar refractivity (Wildman–Crippen MR) is 84.6 cm³/mol. The zero-order chi connectivity index (χ0) is 15.1. The van der Waals surface area contributed by atoms with E-state index >= 15 is 0 Å². The van der Waals surface area contributed by atoms with Crippen molar-refractivity contribution in [2.75, 3.05) is 26.9 Å². The van der Waals surface area contributed by atoms with E-state index in [2.05, 4.69) is 35.4 Å². The number of methoxy groups -OCH3 is 1. The summed E-state index contributed by atoms with van der Waals surface area (Å²) in [5.74, 6) is 2.10. The maximum absolute atomic E-state index is 5.92. The normalized spacial score (nSPS) is 15.0. The molecule has 0 heterocycles. The molecule has 1 aliphatic rings. The summed E-state index contributed by atoms with van der Waals surface area (Å²) >= 11 is 0. The van der Waals surface area contributed by atoms with Gasteiger partial charge in [0.25, 0.3) is 0 Å². The van der Waals surface area contributed by atoms with E-state index in [4.69, 9.17) is 15.2 Å². The van der Waals surface area contributed by atoms with Crippen LogP contribution in [0.4, 0.5) is 0 Å². The number of hydrogen-bond donors (Lipinski definition) is 2. The van der Waals surface area contributed by atoms with Gasteiger partial charge in [0.15, 0.2) is 5.96 Å². The molecule has 0 radical (unpaired) electrons. The molecule has 0 aromatic heterocycles. The Morgan fingerprint density at radius 2 is 2.24 bits per heavy atom. The number of hydrogen-bond acceptors (Lipinski definition) is 3. The van der Waals surface area contributed by atoms with E-state index in [9.17, 15) is 0 Å². The third-order valence-electron chi connectivity index (χ3n) is 3.43. The van der Waals surface area contributed by atoms with Gasteiger partial charge < -0.3 is 20.5 Å². The van der Waals surface area contributed by atoms with Crippen molar-refractivity contribution >= 4 is 5.96 Å². The first-order valence-corrected chi connectivity index (χ1v) is 7.44. The molecule has 2 rings (SSSR count). The summed E-state index contributed by atoms with van der Waals surface area (Å²) in [5, 5.41) is 3.01. The molecule has 0 bridgehead atoms. The summed E-state index contributed by atoms with van der Waals surface area (Å²) in [5.41, 5.74) is 8.08. The highest BCUT2D eigenvalue weighted by Crippen LogP contribution is 2.30. The first-order chi connectivity index (χ1) is 10.2. The van der Waals surface area contributed by atoms with Gasteiger partial charge in [-0.15, -0.1) is 0 Å². The Morgan fingerprint density at radius 1 is 1.43 bits per heavy atom. The Bertz CT molecular complexity index is 484. The predicted octanol–water partition coefficient (Wildman–Crippen LogP) is 1.83. The fourth-order valence-electron chi connectivity index (χ4n) is 1.93. The van der Waals surface area contributed by atoms with Gasteiger partial charge in [0.2, 0.25) is 0 Å². The summed E-state index contributed by atoms with van der Waals surface area (Å²) in [4.78, 5) is 4.35. The van der Waals surface area contributed by atoms with Crippen molar-refractivity contribution in [1.82, 2.24) is 5.32 Å². The minimum atomic E-state index is 0.431. The first-order valence-electron chi connectivity index (χ1n) is 7.44. The van der Waals surface area contributed by atoms with Crippen LogP contribution in [-0.4, -0.2) is 32.8 Å². The second-order valence-electron chi connectivity index (χ2n) is 5.49. The monoisotopic (exact) mass is 291 g/mol. The maximum atomic E-state index is 5.92. The van der Waals surface area contributed by atoms with E-state index < -0.39 is 0 Å². The van der Waals surface area contributed by atoms with Crippen LogP contribution in [0.2, 0.25) is 0 Å². The SMILES string of the molecule is COCCNC(N)=NCc1ccc(C)cc1OCC1CC1.